The predicted molar refractivity (Wildman–Crippen MR) is 76.5 cm³/mol. The molecule has 1 atom stereocenters. The third kappa shape index (κ3) is 4.96. The first-order valence-corrected chi connectivity index (χ1v) is 10.7. The molecule has 0 aromatic carbocycles. The molecule has 2 fully saturated rings. The normalized spacial score (nSPS) is 31.8. The summed E-state index contributed by atoms with van der Waals surface area (Å²) in [5, 5.41) is 0. The Morgan fingerprint density at radius 1 is 1.22 bits per heavy atom. The van der Waals surface area contributed by atoms with Crippen molar-refractivity contribution in [3.05, 3.63) is 0 Å². The van der Waals surface area contributed by atoms with E-state index in [0.29, 0.717) is 6.61 Å². The molecule has 0 spiro atoms. The maximum absolute atomic E-state index is 6.28. The van der Waals surface area contributed by atoms with Crippen LogP contribution in [0.1, 0.15) is 6.42 Å². The Kier molecular flexibility index (Phi) is 5.75. The van der Waals surface area contributed by atoms with Crippen LogP contribution in [0.4, 0.5) is 0 Å². The Morgan fingerprint density at radius 2 is 1.94 bits per heavy atom. The van der Waals surface area contributed by atoms with Gasteiger partial charge >= 0.3 is 6.94 Å². The Labute approximate surface area is 120 Å². The summed E-state index contributed by atoms with van der Waals surface area (Å²) in [6, 6.07) is 0.759. The minimum absolute atomic E-state index is 0.0235. The Balaban J connectivity index is 1.82. The van der Waals surface area contributed by atoms with Crippen LogP contribution in [0, 0.1) is 0 Å². The lowest BCUT2D eigenvalue weighted by atomic mass is 10.3. The number of nitrogens with zero attached hydrogens (tertiary/aromatic N) is 2. The first-order valence-electron chi connectivity index (χ1n) is 6.59. The van der Waals surface area contributed by atoms with Gasteiger partial charge in [-0.1, -0.05) is 0 Å². The van der Waals surface area contributed by atoms with Crippen molar-refractivity contribution in [2.45, 2.75) is 18.6 Å². The number of hydrogen-bond donors (Lipinski definition) is 0. The number of piperazine rings is 1. The van der Waals surface area contributed by atoms with Gasteiger partial charge in [-0.3, -0.25) is 4.90 Å². The van der Waals surface area contributed by atoms with Crippen molar-refractivity contribution < 1.29 is 9.16 Å². The molecule has 1 unspecified atom stereocenters. The van der Waals surface area contributed by atoms with E-state index in [4.69, 9.17) is 31.3 Å². The van der Waals surface area contributed by atoms with Crippen molar-refractivity contribution in [3.8, 4) is 0 Å². The van der Waals surface area contributed by atoms with E-state index in [0.717, 1.165) is 51.8 Å². The van der Waals surface area contributed by atoms with Crippen LogP contribution in [-0.4, -0.2) is 75.8 Å². The molecule has 0 saturated carbocycles. The molecule has 0 aromatic rings. The molecule has 106 valence electrons. The van der Waals surface area contributed by atoms with E-state index in [9.17, 15) is 0 Å². The highest BCUT2D eigenvalue weighted by atomic mass is 35.7. The summed E-state index contributed by atoms with van der Waals surface area (Å²) in [5.74, 6) is 0. The Hall–Kier alpha value is 0.637. The zero-order valence-corrected chi connectivity index (χ0v) is 13.4. The van der Waals surface area contributed by atoms with Crippen LogP contribution in [0.5, 0.6) is 0 Å². The lowest BCUT2D eigenvalue weighted by Crippen LogP contribution is -2.50. The molecule has 2 aliphatic heterocycles. The highest BCUT2D eigenvalue weighted by Gasteiger charge is 2.35. The predicted octanol–water partition coefficient (Wildman–Crippen LogP) is 1.46. The second-order valence-corrected chi connectivity index (χ2v) is 11.4. The molecule has 2 aliphatic rings. The molecule has 2 rings (SSSR count). The summed E-state index contributed by atoms with van der Waals surface area (Å²) in [4.78, 5) is 4.75. The Bertz CT molecular complexity index is 263. The molecule has 7 heteroatoms. The standard InChI is InChI=1S/C11H22Cl2N2O2Si/c1-14-3-5-15(6-4-14)9-11-10-16-7-2-8-18(12,13)17-11/h11H,2-10H2,1H3. The summed E-state index contributed by atoms with van der Waals surface area (Å²) in [6.07, 6.45) is 0.927. The minimum atomic E-state index is -2.51. The van der Waals surface area contributed by atoms with Crippen LogP contribution in [-0.2, 0) is 9.16 Å². The summed E-state index contributed by atoms with van der Waals surface area (Å²) in [6.45, 7) is 4.10. The molecular weight excluding hydrogens is 291 g/mol. The fraction of sp³-hybridized carbons (Fsp3) is 1.00. The Morgan fingerprint density at radius 3 is 2.67 bits per heavy atom. The zero-order chi connectivity index (χ0) is 13.0. The van der Waals surface area contributed by atoms with E-state index in [2.05, 4.69) is 16.8 Å². The number of hydrogen-bond acceptors (Lipinski definition) is 4. The first kappa shape index (κ1) is 15.0. The van der Waals surface area contributed by atoms with E-state index in [1.807, 2.05) is 0 Å². The number of halogens is 2. The van der Waals surface area contributed by atoms with Gasteiger partial charge in [-0.05, 0) is 19.5 Å². The molecular formula is C11H22Cl2N2O2Si. The molecule has 2 heterocycles. The quantitative estimate of drug-likeness (QED) is 0.569. The van der Waals surface area contributed by atoms with Crippen LogP contribution in [0.15, 0.2) is 0 Å². The lowest BCUT2D eigenvalue weighted by Gasteiger charge is -2.36. The maximum Gasteiger partial charge on any atom is 0.389 e. The van der Waals surface area contributed by atoms with Gasteiger partial charge in [-0.2, -0.15) is 0 Å². The van der Waals surface area contributed by atoms with Crippen molar-refractivity contribution >= 4 is 29.1 Å². The van der Waals surface area contributed by atoms with Crippen molar-refractivity contribution in [3.63, 3.8) is 0 Å². The van der Waals surface area contributed by atoms with Gasteiger partial charge < -0.3 is 14.1 Å². The maximum atomic E-state index is 6.28. The number of ether oxygens (including phenoxy) is 1. The summed E-state index contributed by atoms with van der Waals surface area (Å²) < 4.78 is 11.5. The third-order valence-corrected chi connectivity index (χ3v) is 6.74. The van der Waals surface area contributed by atoms with E-state index < -0.39 is 6.94 Å². The van der Waals surface area contributed by atoms with Crippen molar-refractivity contribution in [2.24, 2.45) is 0 Å². The summed E-state index contributed by atoms with van der Waals surface area (Å²) in [7, 11) is 2.15. The topological polar surface area (TPSA) is 24.9 Å². The summed E-state index contributed by atoms with van der Waals surface area (Å²) in [5.41, 5.74) is 0. The van der Waals surface area contributed by atoms with Gasteiger partial charge in [0.05, 0.1) is 12.7 Å². The van der Waals surface area contributed by atoms with Crippen LogP contribution in [0.3, 0.4) is 0 Å². The summed E-state index contributed by atoms with van der Waals surface area (Å²) >= 11 is 12.6. The van der Waals surface area contributed by atoms with Gasteiger partial charge in [0.2, 0.25) is 0 Å². The second-order valence-electron chi connectivity index (χ2n) is 5.16. The monoisotopic (exact) mass is 312 g/mol. The number of rotatable bonds is 2. The van der Waals surface area contributed by atoms with Crippen LogP contribution in [0.2, 0.25) is 6.04 Å². The average Bonchev–Trinajstić information content (AvgIpc) is 2.28. The minimum Gasteiger partial charge on any atom is -0.385 e. The second kappa shape index (κ2) is 6.88. The van der Waals surface area contributed by atoms with Gasteiger partial charge in [0.15, 0.2) is 0 Å². The average molecular weight is 313 g/mol. The SMILES string of the molecule is CN1CCN(CC2COCCC[Si](Cl)(Cl)O2)CC1. The van der Waals surface area contributed by atoms with Crippen molar-refractivity contribution in [2.75, 3.05) is 53.0 Å². The largest absolute Gasteiger partial charge is 0.389 e. The van der Waals surface area contributed by atoms with Crippen LogP contribution >= 0.6 is 22.2 Å². The molecule has 0 N–H and O–H groups in total. The van der Waals surface area contributed by atoms with E-state index in [1.165, 1.54) is 0 Å². The zero-order valence-electron chi connectivity index (χ0n) is 10.9. The van der Waals surface area contributed by atoms with E-state index in [-0.39, 0.29) is 6.10 Å². The first-order chi connectivity index (χ1) is 8.55. The fourth-order valence-corrected chi connectivity index (χ4v) is 5.20. The molecule has 18 heavy (non-hydrogen) atoms. The van der Waals surface area contributed by atoms with Crippen molar-refractivity contribution in [1.29, 1.82) is 0 Å². The van der Waals surface area contributed by atoms with Gasteiger partial charge in [0.1, 0.15) is 0 Å². The van der Waals surface area contributed by atoms with E-state index in [1.54, 1.807) is 0 Å². The molecule has 0 aromatic heterocycles. The molecule has 2 saturated heterocycles. The van der Waals surface area contributed by atoms with E-state index >= 15 is 0 Å². The smallest absolute Gasteiger partial charge is 0.385 e. The molecule has 0 radical (unpaired) electrons. The molecule has 4 nitrogen and oxygen atoms in total. The third-order valence-electron chi connectivity index (χ3n) is 3.46. The lowest BCUT2D eigenvalue weighted by molar-refractivity contribution is 0.0137. The number of likely N-dealkylation sites (N-methyl/N-ethyl adjacent to an activating group) is 1. The van der Waals surface area contributed by atoms with Gasteiger partial charge in [0.25, 0.3) is 0 Å². The highest BCUT2D eigenvalue weighted by Crippen LogP contribution is 2.27. The van der Waals surface area contributed by atoms with Gasteiger partial charge in [-0.25, -0.2) is 0 Å². The van der Waals surface area contributed by atoms with Gasteiger partial charge in [0, 0.05) is 39.3 Å². The van der Waals surface area contributed by atoms with Crippen LogP contribution in [0.25, 0.3) is 0 Å². The molecule has 0 amide bonds. The fourth-order valence-electron chi connectivity index (χ4n) is 2.34. The van der Waals surface area contributed by atoms with Crippen LogP contribution < -0.4 is 0 Å². The molecule has 0 bridgehead atoms. The molecule has 0 aliphatic carbocycles. The highest BCUT2D eigenvalue weighted by molar-refractivity contribution is 7.42. The van der Waals surface area contributed by atoms with Crippen molar-refractivity contribution in [1.82, 2.24) is 9.80 Å². The van der Waals surface area contributed by atoms with Gasteiger partial charge in [-0.15, -0.1) is 22.2 Å².